The van der Waals surface area contributed by atoms with E-state index < -0.39 is 10.0 Å². The van der Waals surface area contributed by atoms with E-state index in [-0.39, 0.29) is 6.10 Å². The third kappa shape index (κ3) is 4.56. The van der Waals surface area contributed by atoms with Crippen molar-refractivity contribution in [1.29, 1.82) is 0 Å². The van der Waals surface area contributed by atoms with Crippen LogP contribution in [0, 0.1) is 13.8 Å². The summed E-state index contributed by atoms with van der Waals surface area (Å²) in [7, 11) is -1.86. The summed E-state index contributed by atoms with van der Waals surface area (Å²) in [6, 6.07) is 9.59. The molecule has 9 nitrogen and oxygen atoms in total. The lowest BCUT2D eigenvalue weighted by molar-refractivity contribution is 0.0198. The molecule has 1 saturated heterocycles. The molecule has 1 unspecified atom stereocenters. The summed E-state index contributed by atoms with van der Waals surface area (Å²) in [6.45, 7) is 4.72. The smallest absolute Gasteiger partial charge is 0.257 e. The molecule has 3 aromatic rings. The Morgan fingerprint density at radius 3 is 2.71 bits per heavy atom. The van der Waals surface area contributed by atoms with Crippen LogP contribution in [-0.4, -0.2) is 58.4 Å². The quantitative estimate of drug-likeness (QED) is 0.550. The molecule has 0 radical (unpaired) electrons. The predicted molar refractivity (Wildman–Crippen MR) is 114 cm³/mol. The van der Waals surface area contributed by atoms with Crippen molar-refractivity contribution in [2.75, 3.05) is 19.7 Å². The number of nitrogens with zero attached hydrogens (tertiary/aromatic N) is 5. The molecule has 3 heterocycles. The highest BCUT2D eigenvalue weighted by molar-refractivity contribution is 7.89. The van der Waals surface area contributed by atoms with Crippen molar-refractivity contribution < 1.29 is 17.7 Å². The van der Waals surface area contributed by atoms with Crippen LogP contribution in [0.5, 0.6) is 0 Å². The van der Waals surface area contributed by atoms with Crippen molar-refractivity contribution in [3.05, 3.63) is 47.5 Å². The van der Waals surface area contributed by atoms with Gasteiger partial charge < -0.3 is 9.26 Å². The van der Waals surface area contributed by atoms with Crippen LogP contribution in [0.2, 0.25) is 0 Å². The van der Waals surface area contributed by atoms with Crippen LogP contribution < -0.4 is 0 Å². The molecule has 0 N–H and O–H groups in total. The summed E-state index contributed by atoms with van der Waals surface area (Å²) in [5, 5.41) is 8.26. The number of rotatable bonds is 7. The zero-order valence-electron chi connectivity index (χ0n) is 18.0. The van der Waals surface area contributed by atoms with Gasteiger partial charge in [0.1, 0.15) is 4.90 Å². The fourth-order valence-corrected chi connectivity index (χ4v) is 5.80. The third-order valence-electron chi connectivity index (χ3n) is 5.55. The van der Waals surface area contributed by atoms with E-state index in [0.717, 1.165) is 18.4 Å². The first kappa shape index (κ1) is 21.7. The Morgan fingerprint density at radius 2 is 2.00 bits per heavy atom. The Bertz CT molecular complexity index is 1140. The number of sulfonamides is 1. The number of piperidine rings is 1. The Kier molecular flexibility index (Phi) is 6.22. The Morgan fingerprint density at radius 1 is 1.23 bits per heavy atom. The number of ether oxygens (including phenoxy) is 1. The molecular weight excluding hydrogens is 418 g/mol. The molecule has 0 bridgehead atoms. The molecule has 0 saturated carbocycles. The number of aryl methyl sites for hydroxylation is 2. The van der Waals surface area contributed by atoms with Crippen molar-refractivity contribution in [2.45, 2.75) is 44.1 Å². The van der Waals surface area contributed by atoms with E-state index >= 15 is 0 Å². The monoisotopic (exact) mass is 445 g/mol. The van der Waals surface area contributed by atoms with E-state index in [0.29, 0.717) is 54.1 Å². The zero-order valence-corrected chi connectivity index (χ0v) is 18.8. The number of benzene rings is 1. The fraction of sp³-hybridized carbons (Fsp3) is 0.476. The van der Waals surface area contributed by atoms with E-state index in [2.05, 4.69) is 15.2 Å². The standard InChI is InChI=1S/C21H27N5O4S/c1-15-20(16(2)25(3)23-15)31(27,28)26-12-7-10-18(14-26)29-13-11-19-22-21(30-24-19)17-8-5-4-6-9-17/h4-6,8-9,18H,7,10-14H2,1-3H3. The maximum absolute atomic E-state index is 13.2. The largest absolute Gasteiger partial charge is 0.376 e. The lowest BCUT2D eigenvalue weighted by atomic mass is 10.1. The summed E-state index contributed by atoms with van der Waals surface area (Å²) < 4.78 is 40.8. The Balaban J connectivity index is 1.35. The van der Waals surface area contributed by atoms with Crippen molar-refractivity contribution in [2.24, 2.45) is 7.05 Å². The van der Waals surface area contributed by atoms with Crippen LogP contribution in [0.4, 0.5) is 0 Å². The molecule has 0 amide bonds. The molecule has 2 aromatic heterocycles. The van der Waals surface area contributed by atoms with E-state index in [1.807, 2.05) is 30.3 Å². The molecule has 4 rings (SSSR count). The van der Waals surface area contributed by atoms with E-state index in [4.69, 9.17) is 9.26 Å². The second-order valence-electron chi connectivity index (χ2n) is 7.75. The van der Waals surface area contributed by atoms with Gasteiger partial charge in [-0.1, -0.05) is 23.4 Å². The van der Waals surface area contributed by atoms with Crippen molar-refractivity contribution >= 4 is 10.0 Å². The predicted octanol–water partition coefficient (Wildman–Crippen LogP) is 2.50. The maximum Gasteiger partial charge on any atom is 0.257 e. The van der Waals surface area contributed by atoms with Gasteiger partial charge >= 0.3 is 0 Å². The average molecular weight is 446 g/mol. The Hall–Kier alpha value is -2.56. The van der Waals surface area contributed by atoms with Gasteiger partial charge in [-0.2, -0.15) is 14.4 Å². The van der Waals surface area contributed by atoms with Crippen LogP contribution in [0.3, 0.4) is 0 Å². The second kappa shape index (κ2) is 8.89. The van der Waals surface area contributed by atoms with Gasteiger partial charge in [0.15, 0.2) is 5.82 Å². The van der Waals surface area contributed by atoms with Crippen LogP contribution >= 0.6 is 0 Å². The van der Waals surface area contributed by atoms with Crippen LogP contribution in [0.25, 0.3) is 11.5 Å². The van der Waals surface area contributed by atoms with E-state index in [1.165, 1.54) is 4.31 Å². The lowest BCUT2D eigenvalue weighted by Crippen LogP contribution is -2.43. The molecule has 166 valence electrons. The molecule has 10 heteroatoms. The summed E-state index contributed by atoms with van der Waals surface area (Å²) in [5.74, 6) is 1.05. The fourth-order valence-electron chi connectivity index (χ4n) is 3.89. The Labute approximate surface area is 182 Å². The topological polar surface area (TPSA) is 103 Å². The first-order valence-corrected chi connectivity index (χ1v) is 11.8. The third-order valence-corrected chi connectivity index (χ3v) is 7.67. The molecule has 31 heavy (non-hydrogen) atoms. The SMILES string of the molecule is Cc1nn(C)c(C)c1S(=O)(=O)N1CCCC(OCCc2noc(-c3ccccc3)n2)C1. The van der Waals surface area contributed by atoms with Gasteiger partial charge in [-0.05, 0) is 38.8 Å². The normalized spacial score (nSPS) is 17.8. The minimum Gasteiger partial charge on any atom is -0.376 e. The van der Waals surface area contributed by atoms with Crippen LogP contribution in [0.1, 0.15) is 30.1 Å². The van der Waals surface area contributed by atoms with Crippen LogP contribution in [0.15, 0.2) is 39.8 Å². The highest BCUT2D eigenvalue weighted by Gasteiger charge is 2.34. The minimum absolute atomic E-state index is 0.165. The molecule has 0 spiro atoms. The maximum atomic E-state index is 13.2. The van der Waals surface area contributed by atoms with Gasteiger partial charge in [0.2, 0.25) is 10.0 Å². The molecule has 1 aliphatic heterocycles. The number of hydrogen-bond acceptors (Lipinski definition) is 7. The van der Waals surface area contributed by atoms with E-state index in [9.17, 15) is 8.42 Å². The van der Waals surface area contributed by atoms with Crippen molar-refractivity contribution in [3.8, 4) is 11.5 Å². The van der Waals surface area contributed by atoms with Gasteiger partial charge in [-0.3, -0.25) is 4.68 Å². The highest BCUT2D eigenvalue weighted by atomic mass is 32.2. The average Bonchev–Trinajstić information content (AvgIpc) is 3.33. The van der Waals surface area contributed by atoms with Gasteiger partial charge in [0, 0.05) is 32.1 Å². The summed E-state index contributed by atoms with van der Waals surface area (Å²) in [5.41, 5.74) is 2.04. The molecule has 1 fully saturated rings. The van der Waals surface area contributed by atoms with Crippen LogP contribution in [-0.2, 0) is 28.2 Å². The number of hydrogen-bond donors (Lipinski definition) is 0. The lowest BCUT2D eigenvalue weighted by Gasteiger charge is -2.31. The molecule has 1 atom stereocenters. The second-order valence-corrected chi connectivity index (χ2v) is 9.63. The summed E-state index contributed by atoms with van der Waals surface area (Å²) in [6.07, 6.45) is 1.91. The molecular formula is C21H27N5O4S. The molecule has 1 aliphatic rings. The molecule has 0 aliphatic carbocycles. The molecule has 1 aromatic carbocycles. The van der Waals surface area contributed by atoms with Crippen molar-refractivity contribution in [1.82, 2.24) is 24.2 Å². The number of aromatic nitrogens is 4. The summed E-state index contributed by atoms with van der Waals surface area (Å²) in [4.78, 5) is 4.71. The minimum atomic E-state index is -3.61. The summed E-state index contributed by atoms with van der Waals surface area (Å²) >= 11 is 0. The van der Waals surface area contributed by atoms with Gasteiger partial charge in [-0.15, -0.1) is 0 Å². The van der Waals surface area contributed by atoms with Gasteiger partial charge in [0.25, 0.3) is 5.89 Å². The van der Waals surface area contributed by atoms with Gasteiger partial charge in [0.05, 0.1) is 24.1 Å². The van der Waals surface area contributed by atoms with E-state index in [1.54, 1.807) is 25.6 Å². The first-order chi connectivity index (χ1) is 14.9. The highest BCUT2D eigenvalue weighted by Crippen LogP contribution is 2.26. The van der Waals surface area contributed by atoms with Gasteiger partial charge in [-0.25, -0.2) is 8.42 Å². The zero-order chi connectivity index (χ0) is 22.0. The van der Waals surface area contributed by atoms with Crippen molar-refractivity contribution in [3.63, 3.8) is 0 Å². The first-order valence-electron chi connectivity index (χ1n) is 10.4.